The maximum atomic E-state index is 12.2. The molecule has 3 nitrogen and oxygen atoms in total. The van der Waals surface area contributed by atoms with E-state index in [0.29, 0.717) is 6.61 Å². The lowest BCUT2D eigenvalue weighted by molar-refractivity contribution is 0.0969. The topological polar surface area (TPSA) is 42.1 Å². The van der Waals surface area contributed by atoms with E-state index in [1.165, 1.54) is 0 Å². The first-order chi connectivity index (χ1) is 8.81. The highest BCUT2D eigenvalue weighted by Gasteiger charge is 2.32. The molecule has 1 heterocycles. The van der Waals surface area contributed by atoms with Gasteiger partial charge >= 0.3 is 0 Å². The number of carbonyl (C=O) groups excluding carboxylic acids is 1. The summed E-state index contributed by atoms with van der Waals surface area (Å²) in [6.07, 6.45) is 4.85. The molecule has 1 saturated carbocycles. The highest BCUT2D eigenvalue weighted by molar-refractivity contribution is 6.11. The zero-order valence-electron chi connectivity index (χ0n) is 10.5. The van der Waals surface area contributed by atoms with E-state index >= 15 is 0 Å². The van der Waals surface area contributed by atoms with Gasteiger partial charge in [0.1, 0.15) is 5.75 Å². The number of rotatable bonds is 5. The first-order valence-corrected chi connectivity index (χ1v) is 6.58. The molecule has 0 saturated heterocycles. The average molecular weight is 243 g/mol. The van der Waals surface area contributed by atoms with Crippen molar-refractivity contribution in [3.63, 3.8) is 0 Å². The Morgan fingerprint density at radius 1 is 1.44 bits per heavy atom. The minimum absolute atomic E-state index is 0.239. The molecule has 1 N–H and O–H groups in total. The summed E-state index contributed by atoms with van der Waals surface area (Å²) < 4.78 is 5.75. The maximum absolute atomic E-state index is 12.2. The number of nitrogens with one attached hydrogen (secondary N) is 1. The number of aromatic amines is 1. The number of fused-ring (bicyclic) bond motifs is 1. The Morgan fingerprint density at radius 3 is 3.00 bits per heavy atom. The largest absolute Gasteiger partial charge is 0.493 e. The van der Waals surface area contributed by atoms with Crippen LogP contribution in [0.1, 0.15) is 36.5 Å². The molecule has 3 heteroatoms. The summed E-state index contributed by atoms with van der Waals surface area (Å²) in [4.78, 5) is 15.4. The highest BCUT2D eigenvalue weighted by atomic mass is 16.5. The third-order valence-electron chi connectivity index (χ3n) is 3.34. The number of Topliss-reactive ketones (excluding diaryl/α,β-unsaturated/α-hetero) is 1. The summed E-state index contributed by atoms with van der Waals surface area (Å²) in [5, 5.41) is 0.947. The van der Waals surface area contributed by atoms with Crippen LogP contribution in [0.2, 0.25) is 0 Å². The van der Waals surface area contributed by atoms with Crippen LogP contribution < -0.4 is 4.74 Å². The monoisotopic (exact) mass is 243 g/mol. The lowest BCUT2D eigenvalue weighted by Gasteiger charge is -2.07. The number of hydrogen-bond donors (Lipinski definition) is 1. The van der Waals surface area contributed by atoms with E-state index in [9.17, 15) is 4.79 Å². The van der Waals surface area contributed by atoms with Gasteiger partial charge in [0.25, 0.3) is 0 Å². The zero-order chi connectivity index (χ0) is 12.5. The molecule has 94 valence electrons. The van der Waals surface area contributed by atoms with Crippen LogP contribution in [0.4, 0.5) is 0 Å². The molecular weight excluding hydrogens is 226 g/mol. The van der Waals surface area contributed by atoms with Crippen LogP contribution in [0.15, 0.2) is 24.4 Å². The van der Waals surface area contributed by atoms with Crippen LogP contribution in [0, 0.1) is 5.92 Å². The van der Waals surface area contributed by atoms with E-state index in [-0.39, 0.29) is 11.7 Å². The van der Waals surface area contributed by atoms with Crippen molar-refractivity contribution in [2.45, 2.75) is 26.2 Å². The fourth-order valence-corrected chi connectivity index (χ4v) is 2.24. The number of benzene rings is 1. The second-order valence-electron chi connectivity index (χ2n) is 4.87. The Balaban J connectivity index is 2.05. The molecular formula is C15H17NO2. The van der Waals surface area contributed by atoms with Crippen LogP contribution >= 0.6 is 0 Å². The molecule has 0 aliphatic heterocycles. The number of H-pyrrole nitrogens is 1. The van der Waals surface area contributed by atoms with Crippen LogP contribution in [0.5, 0.6) is 5.75 Å². The minimum atomic E-state index is 0.239. The van der Waals surface area contributed by atoms with Crippen molar-refractivity contribution in [2.24, 2.45) is 5.92 Å². The van der Waals surface area contributed by atoms with Crippen LogP contribution in [0.25, 0.3) is 10.9 Å². The molecule has 1 fully saturated rings. The van der Waals surface area contributed by atoms with E-state index in [4.69, 9.17) is 4.74 Å². The molecule has 0 spiro atoms. The lowest BCUT2D eigenvalue weighted by atomic mass is 10.1. The van der Waals surface area contributed by atoms with Crippen molar-refractivity contribution in [1.29, 1.82) is 0 Å². The van der Waals surface area contributed by atoms with Gasteiger partial charge in [-0.25, -0.2) is 0 Å². The normalized spacial score (nSPS) is 14.9. The van der Waals surface area contributed by atoms with Gasteiger partial charge in [0.15, 0.2) is 5.78 Å². The number of hydrogen-bond acceptors (Lipinski definition) is 2. The summed E-state index contributed by atoms with van der Waals surface area (Å²) in [5.41, 5.74) is 1.77. The van der Waals surface area contributed by atoms with Gasteiger partial charge in [-0.3, -0.25) is 4.79 Å². The summed E-state index contributed by atoms with van der Waals surface area (Å²) in [7, 11) is 0. The zero-order valence-corrected chi connectivity index (χ0v) is 10.5. The van der Waals surface area contributed by atoms with Gasteiger partial charge in [-0.05, 0) is 31.4 Å². The SMILES string of the molecule is CCCOc1cccc2[nH]cc(C(=O)C3CC3)c12. The third kappa shape index (κ3) is 1.90. The van der Waals surface area contributed by atoms with Crippen molar-refractivity contribution in [1.82, 2.24) is 4.98 Å². The Kier molecular flexibility index (Phi) is 2.82. The van der Waals surface area contributed by atoms with Gasteiger partial charge in [-0.1, -0.05) is 13.0 Å². The molecule has 0 amide bonds. The molecule has 18 heavy (non-hydrogen) atoms. The fourth-order valence-electron chi connectivity index (χ4n) is 2.24. The lowest BCUT2D eigenvalue weighted by Crippen LogP contribution is -2.02. The summed E-state index contributed by atoms with van der Waals surface area (Å²) in [6, 6.07) is 5.88. The molecule has 0 radical (unpaired) electrons. The predicted octanol–water partition coefficient (Wildman–Crippen LogP) is 3.55. The molecule has 2 aromatic rings. The number of ether oxygens (including phenoxy) is 1. The van der Waals surface area contributed by atoms with E-state index < -0.39 is 0 Å². The first kappa shape index (κ1) is 11.3. The summed E-state index contributed by atoms with van der Waals surface area (Å²) >= 11 is 0. The Bertz CT molecular complexity index is 581. The molecule has 1 aromatic carbocycles. The van der Waals surface area contributed by atoms with Gasteiger partial charge in [-0.15, -0.1) is 0 Å². The molecule has 1 aromatic heterocycles. The maximum Gasteiger partial charge on any atom is 0.168 e. The van der Waals surface area contributed by atoms with Crippen LogP contribution in [-0.4, -0.2) is 17.4 Å². The Morgan fingerprint density at radius 2 is 2.28 bits per heavy atom. The minimum Gasteiger partial charge on any atom is -0.493 e. The fraction of sp³-hybridized carbons (Fsp3) is 0.400. The van der Waals surface area contributed by atoms with Crippen molar-refractivity contribution < 1.29 is 9.53 Å². The Hall–Kier alpha value is -1.77. The standard InChI is InChI=1S/C15H17NO2/c1-2-8-18-13-5-3-4-12-14(13)11(9-16-12)15(17)10-6-7-10/h3-5,9-10,16H,2,6-8H2,1H3. The predicted molar refractivity (Wildman–Crippen MR) is 71.1 cm³/mol. The number of carbonyl (C=O) groups is 1. The number of aromatic nitrogens is 1. The average Bonchev–Trinajstić information content (AvgIpc) is 3.15. The van der Waals surface area contributed by atoms with Gasteiger partial charge in [0, 0.05) is 23.2 Å². The van der Waals surface area contributed by atoms with E-state index in [1.807, 2.05) is 24.4 Å². The summed E-state index contributed by atoms with van der Waals surface area (Å²) in [5.74, 6) is 1.32. The van der Waals surface area contributed by atoms with Gasteiger partial charge in [0.2, 0.25) is 0 Å². The van der Waals surface area contributed by atoms with E-state index in [2.05, 4.69) is 11.9 Å². The molecule has 3 rings (SSSR count). The van der Waals surface area contributed by atoms with Crippen molar-refractivity contribution in [3.8, 4) is 5.75 Å². The second-order valence-corrected chi connectivity index (χ2v) is 4.87. The molecule has 0 bridgehead atoms. The molecule has 0 unspecified atom stereocenters. The van der Waals surface area contributed by atoms with E-state index in [1.54, 1.807) is 0 Å². The van der Waals surface area contributed by atoms with Crippen LogP contribution in [0.3, 0.4) is 0 Å². The quantitative estimate of drug-likeness (QED) is 0.816. The molecule has 0 atom stereocenters. The van der Waals surface area contributed by atoms with Crippen LogP contribution in [-0.2, 0) is 0 Å². The summed E-state index contributed by atoms with van der Waals surface area (Å²) in [6.45, 7) is 2.76. The molecule has 1 aliphatic carbocycles. The van der Waals surface area contributed by atoms with Crippen molar-refractivity contribution in [3.05, 3.63) is 30.0 Å². The van der Waals surface area contributed by atoms with Gasteiger partial charge < -0.3 is 9.72 Å². The van der Waals surface area contributed by atoms with E-state index in [0.717, 1.165) is 41.5 Å². The van der Waals surface area contributed by atoms with Gasteiger partial charge in [-0.2, -0.15) is 0 Å². The first-order valence-electron chi connectivity index (χ1n) is 6.58. The van der Waals surface area contributed by atoms with Crippen molar-refractivity contribution >= 4 is 16.7 Å². The second kappa shape index (κ2) is 4.48. The van der Waals surface area contributed by atoms with Gasteiger partial charge in [0.05, 0.1) is 12.0 Å². The third-order valence-corrected chi connectivity index (χ3v) is 3.34. The smallest absolute Gasteiger partial charge is 0.168 e. The number of ketones is 1. The van der Waals surface area contributed by atoms with Crippen molar-refractivity contribution in [2.75, 3.05) is 6.61 Å². The Labute approximate surface area is 106 Å². The highest BCUT2D eigenvalue weighted by Crippen LogP contribution is 2.37. The molecule has 1 aliphatic rings.